The van der Waals surface area contributed by atoms with Gasteiger partial charge in [-0.15, -0.1) is 0 Å². The van der Waals surface area contributed by atoms with Gasteiger partial charge in [-0.1, -0.05) is 18.2 Å². The van der Waals surface area contributed by atoms with Gasteiger partial charge in [0.1, 0.15) is 0 Å². The van der Waals surface area contributed by atoms with E-state index in [0.717, 1.165) is 11.3 Å². The van der Waals surface area contributed by atoms with E-state index in [-0.39, 0.29) is 5.91 Å². The minimum absolute atomic E-state index is 0.0618. The second-order valence-corrected chi connectivity index (χ2v) is 8.81. The van der Waals surface area contributed by atoms with Crippen LogP contribution < -0.4 is 4.90 Å². The van der Waals surface area contributed by atoms with Crippen molar-refractivity contribution in [3.63, 3.8) is 0 Å². The van der Waals surface area contributed by atoms with Gasteiger partial charge in [0.15, 0.2) is 0 Å². The molecule has 6 nitrogen and oxygen atoms in total. The van der Waals surface area contributed by atoms with Crippen LogP contribution in [0.3, 0.4) is 0 Å². The van der Waals surface area contributed by atoms with Gasteiger partial charge in [0.25, 0.3) is 5.91 Å². The number of sulfonamides is 1. The lowest BCUT2D eigenvalue weighted by molar-refractivity contribution is 0.0698. The summed E-state index contributed by atoms with van der Waals surface area (Å²) in [4.78, 5) is 16.7. The molecule has 27 heavy (non-hydrogen) atoms. The van der Waals surface area contributed by atoms with Crippen LogP contribution in [0.15, 0.2) is 53.4 Å². The van der Waals surface area contributed by atoms with E-state index >= 15 is 0 Å². The Balaban J connectivity index is 1.68. The second-order valence-electron chi connectivity index (χ2n) is 6.90. The molecule has 0 saturated carbocycles. The zero-order valence-electron chi connectivity index (χ0n) is 15.9. The Morgan fingerprint density at radius 1 is 0.926 bits per heavy atom. The fourth-order valence-electron chi connectivity index (χ4n) is 3.20. The molecule has 1 saturated heterocycles. The highest BCUT2D eigenvalue weighted by atomic mass is 32.2. The van der Waals surface area contributed by atoms with E-state index in [9.17, 15) is 13.2 Å². The van der Waals surface area contributed by atoms with E-state index in [2.05, 4.69) is 0 Å². The third-order valence-corrected chi connectivity index (χ3v) is 6.93. The summed E-state index contributed by atoms with van der Waals surface area (Å²) in [5, 5.41) is 0. The van der Waals surface area contributed by atoms with Crippen molar-refractivity contribution in [1.29, 1.82) is 0 Å². The fourth-order valence-corrected chi connectivity index (χ4v) is 4.85. The van der Waals surface area contributed by atoms with Gasteiger partial charge in [-0.3, -0.25) is 4.79 Å². The van der Waals surface area contributed by atoms with Gasteiger partial charge in [0.2, 0.25) is 10.0 Å². The van der Waals surface area contributed by atoms with Gasteiger partial charge in [0.05, 0.1) is 4.90 Å². The molecule has 2 aromatic rings. The molecule has 0 atom stereocenters. The van der Waals surface area contributed by atoms with Gasteiger partial charge >= 0.3 is 0 Å². The smallest absolute Gasteiger partial charge is 0.253 e. The Morgan fingerprint density at radius 2 is 1.52 bits per heavy atom. The van der Waals surface area contributed by atoms with E-state index < -0.39 is 10.0 Å². The SMILES string of the molecule is Cc1ccccc1S(=O)(=O)N1CCN(C(=O)c2ccc(N(C)C)cc2)CC1. The molecule has 0 spiro atoms. The number of anilines is 1. The monoisotopic (exact) mass is 387 g/mol. The van der Waals surface area contributed by atoms with Gasteiger partial charge < -0.3 is 9.80 Å². The lowest BCUT2D eigenvalue weighted by Gasteiger charge is -2.34. The van der Waals surface area contributed by atoms with Crippen LogP contribution in [0.4, 0.5) is 5.69 Å². The summed E-state index contributed by atoms with van der Waals surface area (Å²) in [7, 11) is 0.367. The molecule has 1 heterocycles. The number of piperazine rings is 1. The molecular formula is C20H25N3O3S. The standard InChI is InChI=1S/C20H25N3O3S/c1-16-6-4-5-7-19(16)27(25,26)23-14-12-22(13-15-23)20(24)17-8-10-18(11-9-17)21(2)3/h4-11H,12-15H2,1-3H3. The molecule has 1 fully saturated rings. The predicted octanol–water partition coefficient (Wildman–Crippen LogP) is 2.21. The third-order valence-electron chi connectivity index (χ3n) is 4.87. The highest BCUT2D eigenvalue weighted by Crippen LogP contribution is 2.21. The van der Waals surface area contributed by atoms with E-state index in [1.807, 2.05) is 49.3 Å². The van der Waals surface area contributed by atoms with Crippen LogP contribution >= 0.6 is 0 Å². The molecule has 0 aliphatic carbocycles. The van der Waals surface area contributed by atoms with Crippen molar-refractivity contribution in [3.8, 4) is 0 Å². The average molecular weight is 388 g/mol. The molecule has 1 aliphatic heterocycles. The molecule has 0 radical (unpaired) electrons. The zero-order chi connectivity index (χ0) is 19.6. The van der Waals surface area contributed by atoms with E-state index in [4.69, 9.17) is 0 Å². The molecule has 2 aromatic carbocycles. The molecule has 7 heteroatoms. The van der Waals surface area contributed by atoms with Crippen LogP contribution in [0.5, 0.6) is 0 Å². The fraction of sp³-hybridized carbons (Fsp3) is 0.350. The van der Waals surface area contributed by atoms with Crippen LogP contribution in [0.1, 0.15) is 15.9 Å². The first-order valence-electron chi connectivity index (χ1n) is 8.93. The Kier molecular flexibility index (Phi) is 5.53. The predicted molar refractivity (Wildman–Crippen MR) is 107 cm³/mol. The summed E-state index contributed by atoms with van der Waals surface area (Å²) in [5.74, 6) is -0.0618. The zero-order valence-corrected chi connectivity index (χ0v) is 16.7. The lowest BCUT2D eigenvalue weighted by Crippen LogP contribution is -2.50. The minimum Gasteiger partial charge on any atom is -0.378 e. The summed E-state index contributed by atoms with van der Waals surface area (Å²) in [5.41, 5.74) is 2.38. The van der Waals surface area contributed by atoms with Crippen LogP contribution in [0.2, 0.25) is 0 Å². The molecule has 0 N–H and O–H groups in total. The number of hydrogen-bond donors (Lipinski definition) is 0. The molecule has 0 aromatic heterocycles. The quantitative estimate of drug-likeness (QED) is 0.807. The van der Waals surface area contributed by atoms with Gasteiger partial charge in [-0.25, -0.2) is 8.42 Å². The Morgan fingerprint density at radius 3 is 2.07 bits per heavy atom. The number of amides is 1. The molecule has 1 amide bonds. The normalized spacial score (nSPS) is 15.6. The van der Waals surface area contributed by atoms with E-state index in [0.29, 0.717) is 36.6 Å². The summed E-state index contributed by atoms with van der Waals surface area (Å²) in [6, 6.07) is 14.4. The molecule has 144 valence electrons. The number of benzene rings is 2. The van der Waals surface area contributed by atoms with E-state index in [1.54, 1.807) is 30.0 Å². The van der Waals surface area contributed by atoms with Crippen molar-refractivity contribution in [1.82, 2.24) is 9.21 Å². The summed E-state index contributed by atoms with van der Waals surface area (Å²) in [6.07, 6.45) is 0. The van der Waals surface area contributed by atoms with E-state index in [1.165, 1.54) is 4.31 Å². The second kappa shape index (κ2) is 7.70. The van der Waals surface area contributed by atoms with Crippen LogP contribution in [0, 0.1) is 6.92 Å². The number of aryl methyl sites for hydroxylation is 1. The first-order valence-corrected chi connectivity index (χ1v) is 10.4. The Labute approximate surface area is 161 Å². The molecule has 3 rings (SSSR count). The number of carbonyl (C=O) groups is 1. The Hall–Kier alpha value is -2.38. The molecule has 1 aliphatic rings. The van der Waals surface area contributed by atoms with Gasteiger partial charge in [-0.05, 0) is 42.8 Å². The number of rotatable bonds is 4. The first-order chi connectivity index (χ1) is 12.8. The molecular weight excluding hydrogens is 362 g/mol. The van der Waals surface area contributed by atoms with Gasteiger partial charge in [0, 0.05) is 51.5 Å². The van der Waals surface area contributed by atoms with Crippen molar-refractivity contribution in [2.75, 3.05) is 45.2 Å². The summed E-state index contributed by atoms with van der Waals surface area (Å²) < 4.78 is 27.2. The molecule has 0 bridgehead atoms. The average Bonchev–Trinajstić information content (AvgIpc) is 2.68. The van der Waals surface area contributed by atoms with Crippen molar-refractivity contribution in [2.45, 2.75) is 11.8 Å². The van der Waals surface area contributed by atoms with Crippen molar-refractivity contribution in [3.05, 3.63) is 59.7 Å². The van der Waals surface area contributed by atoms with Gasteiger partial charge in [-0.2, -0.15) is 4.31 Å². The largest absolute Gasteiger partial charge is 0.378 e. The maximum atomic E-state index is 12.9. The van der Waals surface area contributed by atoms with Crippen LogP contribution in [0.25, 0.3) is 0 Å². The Bertz CT molecular complexity index is 916. The highest BCUT2D eigenvalue weighted by Gasteiger charge is 2.31. The summed E-state index contributed by atoms with van der Waals surface area (Å²) in [6.45, 7) is 3.18. The maximum absolute atomic E-state index is 12.9. The third kappa shape index (κ3) is 3.99. The van der Waals surface area contributed by atoms with Crippen LogP contribution in [-0.2, 0) is 10.0 Å². The maximum Gasteiger partial charge on any atom is 0.253 e. The summed E-state index contributed by atoms with van der Waals surface area (Å²) >= 11 is 0. The number of nitrogens with zero attached hydrogens (tertiary/aromatic N) is 3. The minimum atomic E-state index is -3.53. The van der Waals surface area contributed by atoms with Crippen molar-refractivity contribution < 1.29 is 13.2 Å². The van der Waals surface area contributed by atoms with Crippen LogP contribution in [-0.4, -0.2) is 63.8 Å². The first kappa shape index (κ1) is 19.4. The highest BCUT2D eigenvalue weighted by molar-refractivity contribution is 7.89. The molecule has 0 unspecified atom stereocenters. The van der Waals surface area contributed by atoms with Crippen molar-refractivity contribution in [2.24, 2.45) is 0 Å². The lowest BCUT2D eigenvalue weighted by atomic mass is 10.1. The topological polar surface area (TPSA) is 60.9 Å². The number of carbonyl (C=O) groups excluding carboxylic acids is 1. The number of hydrogen-bond acceptors (Lipinski definition) is 4. The van der Waals surface area contributed by atoms with Crippen molar-refractivity contribution >= 4 is 21.6 Å².